The number of quaternary nitrogens is 1. The van der Waals surface area contributed by atoms with Gasteiger partial charge >= 0.3 is 11.9 Å². The van der Waals surface area contributed by atoms with E-state index in [1.807, 2.05) is 0 Å². The first-order valence-electron chi connectivity index (χ1n) is 23.2. The lowest BCUT2D eigenvalue weighted by atomic mass is 10.0. The lowest BCUT2D eigenvalue weighted by molar-refractivity contribution is -0.889. The number of esters is 2. The molecule has 2 atom stereocenters. The molecule has 8 nitrogen and oxygen atoms in total. The van der Waals surface area contributed by atoms with Crippen LogP contribution in [0.4, 0.5) is 0 Å². The van der Waals surface area contributed by atoms with Crippen molar-refractivity contribution in [3.8, 4) is 0 Å². The molecule has 0 spiro atoms. The highest BCUT2D eigenvalue weighted by molar-refractivity contribution is 5.70. The highest BCUT2D eigenvalue weighted by Gasteiger charge is 2.25. The molecule has 0 N–H and O–H groups in total. The summed E-state index contributed by atoms with van der Waals surface area (Å²) in [6, 6.07) is -0.734. The molecule has 2 unspecified atom stereocenters. The maximum Gasteiger partial charge on any atom is 0.306 e. The molecule has 0 rings (SSSR count). The predicted octanol–water partition coefficient (Wildman–Crippen LogP) is 11.5. The van der Waals surface area contributed by atoms with Crippen molar-refractivity contribution in [1.29, 1.82) is 0 Å². The van der Waals surface area contributed by atoms with Crippen LogP contribution in [0.1, 0.15) is 194 Å². The fourth-order valence-corrected chi connectivity index (χ4v) is 6.62. The van der Waals surface area contributed by atoms with Crippen molar-refractivity contribution in [2.75, 3.05) is 41.0 Å². The van der Waals surface area contributed by atoms with Crippen molar-refractivity contribution >= 4 is 17.9 Å². The number of hydrogen-bond acceptors (Lipinski definition) is 7. The molecular weight excluding hydrogens is 715 g/mol. The number of carboxylic acids is 1. The van der Waals surface area contributed by atoms with Gasteiger partial charge in [0.15, 0.2) is 6.10 Å². The molecule has 8 heteroatoms. The number of aliphatic carboxylic acids is 1. The van der Waals surface area contributed by atoms with Crippen LogP contribution in [0.2, 0.25) is 0 Å². The van der Waals surface area contributed by atoms with Crippen molar-refractivity contribution in [2.45, 2.75) is 206 Å². The molecule has 0 aromatic carbocycles. The Labute approximate surface area is 350 Å². The van der Waals surface area contributed by atoms with E-state index in [9.17, 15) is 19.5 Å². The van der Waals surface area contributed by atoms with Gasteiger partial charge in [-0.15, -0.1) is 0 Å². The molecule has 0 saturated carbocycles. The van der Waals surface area contributed by atoms with Gasteiger partial charge in [-0.2, -0.15) is 0 Å². The summed E-state index contributed by atoms with van der Waals surface area (Å²) in [6.45, 7) is 4.49. The monoisotopic (exact) mass is 802 g/mol. The van der Waals surface area contributed by atoms with Crippen molar-refractivity contribution in [3.05, 3.63) is 48.6 Å². The molecule has 0 saturated heterocycles. The Morgan fingerprint density at radius 2 is 1.00 bits per heavy atom. The fourth-order valence-electron chi connectivity index (χ4n) is 6.62. The van der Waals surface area contributed by atoms with Crippen LogP contribution in [0.15, 0.2) is 48.6 Å². The maximum atomic E-state index is 12.7. The highest BCUT2D eigenvalue weighted by Crippen LogP contribution is 2.14. The van der Waals surface area contributed by atoms with Crippen LogP contribution in [0.5, 0.6) is 0 Å². The van der Waals surface area contributed by atoms with Crippen molar-refractivity contribution in [2.24, 2.45) is 0 Å². The summed E-state index contributed by atoms with van der Waals surface area (Å²) in [5.74, 6) is -1.81. The first-order chi connectivity index (χ1) is 27.6. The van der Waals surface area contributed by atoms with Crippen LogP contribution >= 0.6 is 0 Å². The zero-order chi connectivity index (χ0) is 42.1. The summed E-state index contributed by atoms with van der Waals surface area (Å²) in [6.07, 6.45) is 47.3. The smallest absolute Gasteiger partial charge is 0.306 e. The first-order valence-corrected chi connectivity index (χ1v) is 23.2. The summed E-state index contributed by atoms with van der Waals surface area (Å²) in [5, 5.41) is 11.6. The second-order valence-electron chi connectivity index (χ2n) is 16.6. The molecule has 0 aliphatic heterocycles. The van der Waals surface area contributed by atoms with Crippen molar-refractivity contribution < 1.29 is 38.2 Å². The Kier molecular flexibility index (Phi) is 38.2. The van der Waals surface area contributed by atoms with Gasteiger partial charge < -0.3 is 28.6 Å². The van der Waals surface area contributed by atoms with E-state index >= 15 is 0 Å². The normalized spacial score (nSPS) is 13.4. The summed E-state index contributed by atoms with van der Waals surface area (Å²) >= 11 is 0. The number of ether oxygens (including phenoxy) is 3. The minimum atomic E-state index is -1.13. The molecule has 0 bridgehead atoms. The van der Waals surface area contributed by atoms with Gasteiger partial charge in [-0.25, -0.2) is 0 Å². The topological polar surface area (TPSA) is 102 Å². The maximum absolute atomic E-state index is 12.7. The molecule has 0 aromatic heterocycles. The Morgan fingerprint density at radius 1 is 0.544 bits per heavy atom. The molecule has 330 valence electrons. The lowest BCUT2D eigenvalue weighted by Crippen LogP contribution is -2.55. The number of nitrogens with zero attached hydrogens (tertiary/aromatic N) is 1. The molecule has 0 aliphatic rings. The molecular formula is C49H87NO7. The Morgan fingerprint density at radius 3 is 1.53 bits per heavy atom. The number of carboxylic acid groups (broad SMARTS) is 1. The lowest BCUT2D eigenvalue weighted by Gasteiger charge is -2.34. The standard InChI is InChI=1S/C49H87NO7/c1-6-8-10-12-14-16-18-19-20-21-22-23-24-25-26-27-28-30-32-34-36-38-40-48(52)57-45(43-55-42-41-46(49(53)54)50(3,4)5)44-56-47(51)39-37-35-33-31-29-17-15-13-11-9-7-2/h9,11,15,17,24-25,31,33,45-46H,6-8,10,12-14,16,18-23,26-30,32,34-44H2,1-5H3/b11-9+,17-15+,25-24+,33-31+. The van der Waals surface area contributed by atoms with E-state index < -0.39 is 18.1 Å². The fraction of sp³-hybridized carbons (Fsp3) is 0.776. The number of rotatable bonds is 41. The van der Waals surface area contributed by atoms with E-state index in [2.05, 4.69) is 62.5 Å². The third kappa shape index (κ3) is 38.6. The summed E-state index contributed by atoms with van der Waals surface area (Å²) in [4.78, 5) is 36.8. The average Bonchev–Trinajstić information content (AvgIpc) is 3.17. The van der Waals surface area contributed by atoms with E-state index in [1.54, 1.807) is 21.1 Å². The van der Waals surface area contributed by atoms with Gasteiger partial charge in [0.1, 0.15) is 12.6 Å². The van der Waals surface area contributed by atoms with E-state index in [0.29, 0.717) is 12.8 Å². The molecule has 0 aliphatic carbocycles. The molecule has 0 aromatic rings. The quantitative estimate of drug-likeness (QED) is 0.0262. The molecule has 0 radical (unpaired) electrons. The van der Waals surface area contributed by atoms with Crippen LogP contribution in [0.25, 0.3) is 0 Å². The van der Waals surface area contributed by atoms with E-state index in [4.69, 9.17) is 14.2 Å². The van der Waals surface area contributed by atoms with Gasteiger partial charge in [-0.3, -0.25) is 9.59 Å². The first kappa shape index (κ1) is 54.3. The summed E-state index contributed by atoms with van der Waals surface area (Å²) in [5.41, 5.74) is 0. The van der Waals surface area contributed by atoms with Crippen LogP contribution in [0.3, 0.4) is 0 Å². The highest BCUT2D eigenvalue weighted by atomic mass is 16.6. The number of likely N-dealkylation sites (N-methyl/N-ethyl adjacent to an activating group) is 1. The van der Waals surface area contributed by atoms with Gasteiger partial charge in [-0.1, -0.05) is 159 Å². The van der Waals surface area contributed by atoms with Crippen LogP contribution in [-0.2, 0) is 28.6 Å². The van der Waals surface area contributed by atoms with Crippen LogP contribution < -0.4 is 5.11 Å². The average molecular weight is 802 g/mol. The minimum absolute atomic E-state index is 0.0228. The number of carbonyl (C=O) groups is 3. The van der Waals surface area contributed by atoms with E-state index in [1.165, 1.54) is 109 Å². The van der Waals surface area contributed by atoms with Crippen molar-refractivity contribution in [3.63, 3.8) is 0 Å². The van der Waals surface area contributed by atoms with Gasteiger partial charge in [-0.05, 0) is 64.2 Å². The van der Waals surface area contributed by atoms with Crippen LogP contribution in [0, 0.1) is 0 Å². The zero-order valence-corrected chi connectivity index (χ0v) is 37.5. The Hall–Kier alpha value is -2.71. The van der Waals surface area contributed by atoms with E-state index in [-0.39, 0.29) is 49.1 Å². The van der Waals surface area contributed by atoms with Crippen LogP contribution in [-0.4, -0.2) is 75.5 Å². The second-order valence-corrected chi connectivity index (χ2v) is 16.6. The van der Waals surface area contributed by atoms with Crippen molar-refractivity contribution in [1.82, 2.24) is 0 Å². The third-order valence-corrected chi connectivity index (χ3v) is 10.2. The Balaban J connectivity index is 4.27. The SMILES string of the molecule is CC/C=C/C/C=C/C/C=C/CCCC(=O)OCC(COCCC(C(=O)[O-])[N+](C)(C)C)OC(=O)CCCCCCCCC/C=C/CCCCCCCCCCCCC. The second kappa shape index (κ2) is 40.1. The van der Waals surface area contributed by atoms with Gasteiger partial charge in [0, 0.05) is 19.3 Å². The number of allylic oxidation sites excluding steroid dienone is 8. The zero-order valence-electron chi connectivity index (χ0n) is 37.5. The van der Waals surface area contributed by atoms with Gasteiger partial charge in [0.2, 0.25) is 0 Å². The molecule has 0 amide bonds. The third-order valence-electron chi connectivity index (χ3n) is 10.2. The summed E-state index contributed by atoms with van der Waals surface area (Å²) < 4.78 is 17.1. The molecule has 0 heterocycles. The number of carbonyl (C=O) groups excluding carboxylic acids is 3. The minimum Gasteiger partial charge on any atom is -0.544 e. The predicted molar refractivity (Wildman–Crippen MR) is 236 cm³/mol. The van der Waals surface area contributed by atoms with Gasteiger partial charge in [0.05, 0.1) is 40.3 Å². The number of unbranched alkanes of at least 4 members (excludes halogenated alkanes) is 19. The summed E-state index contributed by atoms with van der Waals surface area (Å²) in [7, 11) is 5.39. The largest absolute Gasteiger partial charge is 0.544 e. The molecule has 57 heavy (non-hydrogen) atoms. The Bertz CT molecular complexity index is 1070. The van der Waals surface area contributed by atoms with Gasteiger partial charge in [0.25, 0.3) is 0 Å². The number of hydrogen-bond donors (Lipinski definition) is 0. The van der Waals surface area contributed by atoms with E-state index in [0.717, 1.165) is 44.9 Å². The molecule has 0 fully saturated rings.